The maximum absolute atomic E-state index is 16.7. The molecule has 4 atom stereocenters. The highest BCUT2D eigenvalue weighted by Gasteiger charge is 2.60. The molecule has 0 radical (unpaired) electrons. The molecule has 214 valence electrons. The number of alkyl halides is 2. The molecule has 0 amide bonds. The maximum Gasteiger partial charge on any atom is 0.330 e. The Hall–Kier alpha value is -3.76. The number of nitrogens with one attached hydrogen (secondary N) is 1. The first-order valence-electron chi connectivity index (χ1n) is 13.0. The summed E-state index contributed by atoms with van der Waals surface area (Å²) in [6, 6.07) is 25.8. The van der Waals surface area contributed by atoms with Gasteiger partial charge >= 0.3 is 5.69 Å². The lowest BCUT2D eigenvalue weighted by Gasteiger charge is -2.42. The second-order valence-corrected chi connectivity index (χ2v) is 10.2. The summed E-state index contributed by atoms with van der Waals surface area (Å²) in [6.07, 6.45) is -3.75. The molecule has 0 saturated carbocycles. The van der Waals surface area contributed by atoms with Crippen LogP contribution >= 0.6 is 11.6 Å². The molecule has 1 saturated heterocycles. The van der Waals surface area contributed by atoms with Crippen LogP contribution in [-0.2, 0) is 15.1 Å². The van der Waals surface area contributed by atoms with Crippen LogP contribution in [0.15, 0.2) is 101 Å². The van der Waals surface area contributed by atoms with Crippen LogP contribution in [0.1, 0.15) is 28.5 Å². The number of rotatable bonds is 9. The van der Waals surface area contributed by atoms with Crippen molar-refractivity contribution >= 4 is 11.6 Å². The quantitative estimate of drug-likeness (QED) is 0.229. The number of hydrogen-bond acceptors (Lipinski definition) is 6. The predicted molar refractivity (Wildman–Crippen MR) is 152 cm³/mol. The predicted octanol–water partition coefficient (Wildman–Crippen LogP) is 4.07. The van der Waals surface area contributed by atoms with E-state index in [9.17, 15) is 14.7 Å². The molecular formula is C31H30ClFN2O6. The molecule has 1 aliphatic heterocycles. The number of benzene rings is 3. The zero-order valence-electron chi connectivity index (χ0n) is 22.5. The van der Waals surface area contributed by atoms with Crippen LogP contribution in [-0.4, -0.2) is 52.1 Å². The summed E-state index contributed by atoms with van der Waals surface area (Å²) in [5.41, 5.74) is -2.38. The van der Waals surface area contributed by atoms with Gasteiger partial charge in [-0.15, -0.1) is 11.6 Å². The van der Waals surface area contributed by atoms with Gasteiger partial charge in [0.15, 0.2) is 12.4 Å². The number of halogens is 2. The van der Waals surface area contributed by atoms with E-state index in [0.717, 1.165) is 4.57 Å². The van der Waals surface area contributed by atoms with E-state index in [1.807, 2.05) is 72.8 Å². The van der Waals surface area contributed by atoms with Crippen molar-refractivity contribution < 1.29 is 23.7 Å². The molecule has 8 nitrogen and oxygen atoms in total. The van der Waals surface area contributed by atoms with E-state index in [2.05, 4.69) is 4.98 Å². The summed E-state index contributed by atoms with van der Waals surface area (Å²) >= 11 is 6.39. The maximum atomic E-state index is 16.7. The van der Waals surface area contributed by atoms with Gasteiger partial charge in [-0.3, -0.25) is 14.3 Å². The zero-order chi connectivity index (χ0) is 29.2. The average Bonchev–Trinajstić information content (AvgIpc) is 3.29. The Bertz CT molecular complexity index is 1550. The van der Waals surface area contributed by atoms with Crippen molar-refractivity contribution in [1.29, 1.82) is 0 Å². The van der Waals surface area contributed by atoms with Crippen molar-refractivity contribution in [2.24, 2.45) is 0 Å². The molecule has 0 bridgehead atoms. The van der Waals surface area contributed by atoms with Crippen LogP contribution in [0.25, 0.3) is 0 Å². The van der Waals surface area contributed by atoms with Crippen molar-refractivity contribution in [3.63, 3.8) is 0 Å². The van der Waals surface area contributed by atoms with Crippen molar-refractivity contribution in [1.82, 2.24) is 9.55 Å². The molecule has 1 fully saturated rings. The lowest BCUT2D eigenvalue weighted by molar-refractivity contribution is -0.154. The number of aromatic amines is 1. The van der Waals surface area contributed by atoms with E-state index >= 15 is 4.39 Å². The van der Waals surface area contributed by atoms with Gasteiger partial charge in [0.1, 0.15) is 23.1 Å². The zero-order valence-corrected chi connectivity index (χ0v) is 23.3. The van der Waals surface area contributed by atoms with Crippen LogP contribution in [0.4, 0.5) is 4.39 Å². The summed E-state index contributed by atoms with van der Waals surface area (Å²) < 4.78 is 36.0. The van der Waals surface area contributed by atoms with Gasteiger partial charge < -0.3 is 19.3 Å². The highest BCUT2D eigenvalue weighted by Crippen LogP contribution is 2.49. The van der Waals surface area contributed by atoms with Gasteiger partial charge in [-0.25, -0.2) is 9.18 Å². The Morgan fingerprint density at radius 1 is 1.00 bits per heavy atom. The summed E-state index contributed by atoms with van der Waals surface area (Å²) in [6.45, 7) is 0.794. The number of ether oxygens (including phenoxy) is 3. The molecule has 0 unspecified atom stereocenters. The smallest absolute Gasteiger partial charge is 0.330 e. The summed E-state index contributed by atoms with van der Waals surface area (Å²) in [7, 11) is 1.56. The fraction of sp³-hybridized carbons (Fsp3) is 0.290. The molecule has 0 aliphatic carbocycles. The van der Waals surface area contributed by atoms with Gasteiger partial charge in [0.25, 0.3) is 5.56 Å². The Kier molecular flexibility index (Phi) is 8.15. The van der Waals surface area contributed by atoms with E-state index in [0.29, 0.717) is 22.4 Å². The monoisotopic (exact) mass is 580 g/mol. The van der Waals surface area contributed by atoms with Crippen LogP contribution in [0.2, 0.25) is 0 Å². The van der Waals surface area contributed by atoms with Crippen LogP contribution < -0.4 is 16.0 Å². The molecule has 2 heterocycles. The third kappa shape index (κ3) is 4.99. The molecule has 41 heavy (non-hydrogen) atoms. The number of hydrogen-bond donors (Lipinski definition) is 2. The molecule has 5 rings (SSSR count). The van der Waals surface area contributed by atoms with Crippen molar-refractivity contribution in [2.45, 2.75) is 36.6 Å². The average molecular weight is 581 g/mol. The van der Waals surface area contributed by atoms with Gasteiger partial charge in [-0.2, -0.15) is 0 Å². The highest BCUT2D eigenvalue weighted by atomic mass is 35.5. The van der Waals surface area contributed by atoms with Gasteiger partial charge in [0.2, 0.25) is 0 Å². The van der Waals surface area contributed by atoms with E-state index in [1.165, 1.54) is 13.1 Å². The Labute approximate surface area is 240 Å². The summed E-state index contributed by atoms with van der Waals surface area (Å²) in [4.78, 5) is 26.9. The first kappa shape index (κ1) is 28.8. The Balaban J connectivity index is 1.73. The summed E-state index contributed by atoms with van der Waals surface area (Å²) in [5.74, 6) is 0.277. The van der Waals surface area contributed by atoms with E-state index in [-0.39, 0.29) is 11.4 Å². The van der Waals surface area contributed by atoms with Crippen LogP contribution in [0.5, 0.6) is 5.75 Å². The standard InChI is InChI=1S/C31H30ClFN2O6/c1-20-17-35(29(38)34-27(20)37)28-25(33)26(30(18-32,19-36)41-28)40-31(21-9-5-3-6-10-21,22-11-7-4-8-12-22)23-13-15-24(39-2)16-14-23/h3-17,25-26,28,36H,18-19H2,1-2H3,(H,34,37,38)/t25-,26+,28-,30-/m1/s1. The molecule has 4 aromatic rings. The molecule has 10 heteroatoms. The van der Waals surface area contributed by atoms with Gasteiger partial charge in [0.05, 0.1) is 19.6 Å². The van der Waals surface area contributed by atoms with Crippen LogP contribution in [0, 0.1) is 6.92 Å². The largest absolute Gasteiger partial charge is 0.497 e. The van der Waals surface area contributed by atoms with E-state index < -0.39 is 47.6 Å². The number of methoxy groups -OCH3 is 1. The second kappa shape index (κ2) is 11.6. The van der Waals surface area contributed by atoms with Crippen molar-refractivity contribution in [3.8, 4) is 5.75 Å². The number of aryl methyl sites for hydroxylation is 1. The third-order valence-corrected chi connectivity index (χ3v) is 7.96. The fourth-order valence-electron chi connectivity index (χ4n) is 5.31. The number of nitrogens with zero attached hydrogens (tertiary/aromatic N) is 1. The molecule has 2 N–H and O–H groups in total. The van der Waals surface area contributed by atoms with E-state index in [1.54, 1.807) is 19.2 Å². The normalized spacial score (nSPS) is 22.5. The molecule has 1 aliphatic rings. The third-order valence-electron chi connectivity index (χ3n) is 7.51. The van der Waals surface area contributed by atoms with Crippen LogP contribution in [0.3, 0.4) is 0 Å². The number of aliphatic hydroxyl groups is 1. The number of aromatic nitrogens is 2. The SMILES string of the molecule is COc1ccc(C(O[C@H]2[C@@H](F)[C@H](n3cc(C)c(=O)[nH]c3=O)O[C@@]2(CO)CCl)(c2ccccc2)c2ccccc2)cc1. The molecule has 3 aromatic carbocycles. The molecule has 1 aromatic heterocycles. The lowest BCUT2D eigenvalue weighted by Crippen LogP contribution is -2.53. The Morgan fingerprint density at radius 2 is 1.56 bits per heavy atom. The van der Waals surface area contributed by atoms with E-state index in [4.69, 9.17) is 25.8 Å². The first-order chi connectivity index (χ1) is 19.8. The topological polar surface area (TPSA) is 103 Å². The molecule has 0 spiro atoms. The second-order valence-electron chi connectivity index (χ2n) is 9.97. The van der Waals surface area contributed by atoms with Crippen molar-refractivity contribution in [2.75, 3.05) is 19.6 Å². The first-order valence-corrected chi connectivity index (χ1v) is 13.6. The number of aliphatic hydroxyl groups excluding tert-OH is 1. The number of H-pyrrole nitrogens is 1. The minimum atomic E-state index is -1.98. The molecular weight excluding hydrogens is 551 g/mol. The highest BCUT2D eigenvalue weighted by molar-refractivity contribution is 6.18. The van der Waals surface area contributed by atoms with Gasteiger partial charge in [-0.05, 0) is 35.7 Å². The lowest BCUT2D eigenvalue weighted by atomic mass is 9.79. The minimum Gasteiger partial charge on any atom is -0.497 e. The van der Waals surface area contributed by atoms with Gasteiger partial charge in [-0.1, -0.05) is 72.8 Å². The van der Waals surface area contributed by atoms with Crippen molar-refractivity contribution in [3.05, 3.63) is 134 Å². The van der Waals surface area contributed by atoms with Gasteiger partial charge in [0, 0.05) is 11.8 Å². The minimum absolute atomic E-state index is 0.186. The summed E-state index contributed by atoms with van der Waals surface area (Å²) in [5, 5.41) is 10.6. The Morgan fingerprint density at radius 3 is 2.07 bits per heavy atom. The fourth-order valence-corrected chi connectivity index (χ4v) is 5.61.